The van der Waals surface area contributed by atoms with E-state index in [1.165, 1.54) is 31.5 Å². The van der Waals surface area contributed by atoms with Gasteiger partial charge in [0, 0.05) is 34.3 Å². The highest BCUT2D eigenvalue weighted by Crippen LogP contribution is 2.20. The molecular formula is C22H27ClN2OS. The van der Waals surface area contributed by atoms with Gasteiger partial charge in [-0.1, -0.05) is 30.7 Å². The average Bonchev–Trinajstić information content (AvgIpc) is 2.69. The second kappa shape index (κ2) is 10.2. The molecule has 0 aromatic heterocycles. The molecule has 0 spiro atoms. The van der Waals surface area contributed by atoms with Crippen LogP contribution in [0.15, 0.2) is 53.4 Å². The zero-order valence-corrected chi connectivity index (χ0v) is 17.4. The molecule has 1 amide bonds. The summed E-state index contributed by atoms with van der Waals surface area (Å²) in [7, 11) is 0. The van der Waals surface area contributed by atoms with E-state index in [0.717, 1.165) is 33.7 Å². The minimum absolute atomic E-state index is 0.00921. The van der Waals surface area contributed by atoms with Crippen LogP contribution in [0.5, 0.6) is 0 Å². The Kier molecular flexibility index (Phi) is 7.62. The number of thioether (sulfide) groups is 1. The molecule has 2 aromatic carbocycles. The van der Waals surface area contributed by atoms with Gasteiger partial charge in [-0.2, -0.15) is 0 Å². The van der Waals surface area contributed by atoms with Gasteiger partial charge in [-0.3, -0.25) is 9.69 Å². The van der Waals surface area contributed by atoms with Crippen LogP contribution in [-0.4, -0.2) is 36.2 Å². The molecule has 0 atom stereocenters. The molecule has 1 aliphatic heterocycles. The number of nitrogens with one attached hydrogen (secondary N) is 1. The van der Waals surface area contributed by atoms with Crippen molar-refractivity contribution in [2.24, 2.45) is 5.92 Å². The van der Waals surface area contributed by atoms with Crippen molar-refractivity contribution in [1.29, 1.82) is 0 Å². The number of piperidine rings is 1. The third-order valence-corrected chi connectivity index (χ3v) is 6.23. The molecule has 5 heteroatoms. The maximum atomic E-state index is 12.3. The Labute approximate surface area is 171 Å². The minimum Gasteiger partial charge on any atom is -0.351 e. The number of rotatable bonds is 7. The van der Waals surface area contributed by atoms with Crippen LogP contribution in [0.1, 0.15) is 35.7 Å². The number of nitrogens with zero attached hydrogens (tertiary/aromatic N) is 1. The van der Waals surface area contributed by atoms with Crippen LogP contribution in [0.2, 0.25) is 5.02 Å². The van der Waals surface area contributed by atoms with Gasteiger partial charge in [-0.15, -0.1) is 11.8 Å². The molecule has 1 fully saturated rings. The van der Waals surface area contributed by atoms with E-state index in [2.05, 4.69) is 29.3 Å². The van der Waals surface area contributed by atoms with Crippen molar-refractivity contribution in [3.8, 4) is 0 Å². The van der Waals surface area contributed by atoms with E-state index in [1.54, 1.807) is 11.8 Å². The summed E-state index contributed by atoms with van der Waals surface area (Å²) in [6.45, 7) is 6.30. The van der Waals surface area contributed by atoms with E-state index >= 15 is 0 Å². The smallest absolute Gasteiger partial charge is 0.251 e. The largest absolute Gasteiger partial charge is 0.351 e. The molecule has 3 nitrogen and oxygen atoms in total. The molecule has 0 aliphatic carbocycles. The molecule has 0 unspecified atom stereocenters. The van der Waals surface area contributed by atoms with Gasteiger partial charge < -0.3 is 5.32 Å². The van der Waals surface area contributed by atoms with Crippen LogP contribution >= 0.6 is 23.4 Å². The van der Waals surface area contributed by atoms with Gasteiger partial charge in [0.25, 0.3) is 5.91 Å². The van der Waals surface area contributed by atoms with E-state index in [1.807, 2.05) is 36.4 Å². The molecule has 1 heterocycles. The number of benzene rings is 2. The third-order valence-electron chi connectivity index (χ3n) is 4.97. The van der Waals surface area contributed by atoms with E-state index in [4.69, 9.17) is 11.6 Å². The molecule has 1 N–H and O–H groups in total. The molecule has 0 radical (unpaired) electrons. The Bertz CT molecular complexity index is 725. The van der Waals surface area contributed by atoms with Crippen LogP contribution < -0.4 is 5.32 Å². The predicted octanol–water partition coefficient (Wildman–Crippen LogP) is 5.09. The fourth-order valence-corrected chi connectivity index (χ4v) is 4.10. The normalized spacial score (nSPS) is 15.6. The zero-order chi connectivity index (χ0) is 19.1. The lowest BCUT2D eigenvalue weighted by molar-refractivity contribution is 0.0956. The highest BCUT2D eigenvalue weighted by Gasteiger charge is 2.15. The Morgan fingerprint density at radius 2 is 1.78 bits per heavy atom. The number of hydrogen-bond acceptors (Lipinski definition) is 3. The van der Waals surface area contributed by atoms with E-state index in [-0.39, 0.29) is 5.91 Å². The van der Waals surface area contributed by atoms with Gasteiger partial charge in [0.2, 0.25) is 0 Å². The summed E-state index contributed by atoms with van der Waals surface area (Å²) < 4.78 is 0. The van der Waals surface area contributed by atoms with Gasteiger partial charge in [0.1, 0.15) is 0 Å². The summed E-state index contributed by atoms with van der Waals surface area (Å²) in [6.07, 6.45) is 2.57. The Hall–Kier alpha value is -1.49. The van der Waals surface area contributed by atoms with Gasteiger partial charge in [-0.05, 0) is 73.8 Å². The van der Waals surface area contributed by atoms with E-state index < -0.39 is 0 Å². The molecule has 1 saturated heterocycles. The van der Waals surface area contributed by atoms with Gasteiger partial charge in [0.15, 0.2) is 0 Å². The van der Waals surface area contributed by atoms with Crippen molar-refractivity contribution in [2.45, 2.75) is 31.2 Å². The van der Waals surface area contributed by atoms with Crippen molar-refractivity contribution in [1.82, 2.24) is 10.2 Å². The number of halogens is 1. The Morgan fingerprint density at radius 3 is 2.44 bits per heavy atom. The molecule has 27 heavy (non-hydrogen) atoms. The molecule has 144 valence electrons. The maximum Gasteiger partial charge on any atom is 0.251 e. The van der Waals surface area contributed by atoms with E-state index in [9.17, 15) is 4.79 Å². The van der Waals surface area contributed by atoms with Crippen LogP contribution in [0.4, 0.5) is 0 Å². The maximum absolute atomic E-state index is 12.3. The second-order valence-corrected chi connectivity index (χ2v) is 8.82. The summed E-state index contributed by atoms with van der Waals surface area (Å²) in [5.74, 6) is 1.67. The standard InChI is InChI=1S/C22H27ClN2OS/c1-17-10-13-25(14-11-17)16-18-2-4-19(5-3-18)22(26)24-12-15-27-21-8-6-20(23)7-9-21/h2-9,17H,10-16H2,1H3,(H,24,26). The number of carbonyl (C=O) groups excluding carboxylic acids is 1. The zero-order valence-electron chi connectivity index (χ0n) is 15.8. The molecular weight excluding hydrogens is 376 g/mol. The number of hydrogen-bond donors (Lipinski definition) is 1. The van der Waals surface area contributed by atoms with Crippen molar-refractivity contribution >= 4 is 29.3 Å². The van der Waals surface area contributed by atoms with Crippen molar-refractivity contribution in [2.75, 3.05) is 25.4 Å². The van der Waals surface area contributed by atoms with Crippen LogP contribution in [0, 0.1) is 5.92 Å². The Balaban J connectivity index is 1.40. The van der Waals surface area contributed by atoms with Gasteiger partial charge in [0.05, 0.1) is 0 Å². The lowest BCUT2D eigenvalue weighted by Crippen LogP contribution is -2.32. The van der Waals surface area contributed by atoms with Gasteiger partial charge >= 0.3 is 0 Å². The van der Waals surface area contributed by atoms with Crippen LogP contribution in [-0.2, 0) is 6.54 Å². The molecule has 0 bridgehead atoms. The third kappa shape index (κ3) is 6.56. The first-order valence-electron chi connectivity index (χ1n) is 9.58. The fourth-order valence-electron chi connectivity index (χ4n) is 3.21. The summed E-state index contributed by atoms with van der Waals surface area (Å²) in [6, 6.07) is 15.8. The van der Waals surface area contributed by atoms with Crippen molar-refractivity contribution < 1.29 is 4.79 Å². The SMILES string of the molecule is CC1CCN(Cc2ccc(C(=O)NCCSc3ccc(Cl)cc3)cc2)CC1. The van der Waals surface area contributed by atoms with E-state index in [0.29, 0.717) is 6.54 Å². The van der Waals surface area contributed by atoms with Crippen LogP contribution in [0.3, 0.4) is 0 Å². The minimum atomic E-state index is -0.00921. The second-order valence-electron chi connectivity index (χ2n) is 7.21. The first-order valence-corrected chi connectivity index (χ1v) is 10.9. The fraction of sp³-hybridized carbons (Fsp3) is 0.409. The summed E-state index contributed by atoms with van der Waals surface area (Å²) in [5.41, 5.74) is 2.00. The topological polar surface area (TPSA) is 32.3 Å². The average molecular weight is 403 g/mol. The lowest BCUT2D eigenvalue weighted by Gasteiger charge is -2.30. The van der Waals surface area contributed by atoms with Crippen molar-refractivity contribution in [3.05, 3.63) is 64.7 Å². The molecule has 0 saturated carbocycles. The number of likely N-dealkylation sites (tertiary alicyclic amines) is 1. The molecule has 3 rings (SSSR count). The molecule has 2 aromatic rings. The summed E-state index contributed by atoms with van der Waals surface area (Å²) >= 11 is 7.59. The highest BCUT2D eigenvalue weighted by atomic mass is 35.5. The Morgan fingerprint density at radius 1 is 1.11 bits per heavy atom. The first kappa shape index (κ1) is 20.2. The van der Waals surface area contributed by atoms with Crippen LogP contribution in [0.25, 0.3) is 0 Å². The van der Waals surface area contributed by atoms with Gasteiger partial charge in [-0.25, -0.2) is 0 Å². The van der Waals surface area contributed by atoms with Crippen molar-refractivity contribution in [3.63, 3.8) is 0 Å². The number of carbonyl (C=O) groups is 1. The monoisotopic (exact) mass is 402 g/mol. The quantitative estimate of drug-likeness (QED) is 0.516. The summed E-state index contributed by atoms with van der Waals surface area (Å²) in [5, 5.41) is 3.73. The predicted molar refractivity (Wildman–Crippen MR) is 115 cm³/mol. The first-order chi connectivity index (χ1) is 13.1. The summed E-state index contributed by atoms with van der Waals surface area (Å²) in [4.78, 5) is 16.0. The molecule has 1 aliphatic rings. The number of amides is 1. The highest BCUT2D eigenvalue weighted by molar-refractivity contribution is 7.99. The lowest BCUT2D eigenvalue weighted by atomic mass is 9.99.